The highest BCUT2D eigenvalue weighted by molar-refractivity contribution is 5.81. The van der Waals surface area contributed by atoms with Crippen LogP contribution in [0.2, 0.25) is 0 Å². The molecule has 6 heteroatoms. The van der Waals surface area contributed by atoms with Crippen molar-refractivity contribution in [2.24, 2.45) is 5.92 Å². The molecule has 3 aliphatic rings. The molecular formula is C25H28N2O4. The van der Waals surface area contributed by atoms with Crippen LogP contribution in [0, 0.1) is 12.8 Å². The molecule has 0 saturated carbocycles. The lowest BCUT2D eigenvalue weighted by Crippen LogP contribution is -2.58. The molecule has 0 bridgehead atoms. The first-order valence-corrected chi connectivity index (χ1v) is 11.1. The smallest absolute Gasteiger partial charge is 0.320 e. The van der Waals surface area contributed by atoms with Crippen LogP contribution >= 0.6 is 0 Å². The van der Waals surface area contributed by atoms with Crippen molar-refractivity contribution < 1.29 is 19.1 Å². The molecule has 2 aromatic rings. The van der Waals surface area contributed by atoms with E-state index in [2.05, 4.69) is 12.1 Å². The molecule has 162 valence electrons. The molecule has 0 aliphatic carbocycles. The Hall–Kier alpha value is -2.86. The SMILES string of the molecule is Cc1ccccc1Oc1ccc(C2CN(C(=O)N3CC[C@@H]4OCC(=O)C[C@@H]4C3)C2)cc1. The van der Waals surface area contributed by atoms with E-state index in [9.17, 15) is 9.59 Å². The molecule has 0 unspecified atom stereocenters. The van der Waals surface area contributed by atoms with E-state index in [1.165, 1.54) is 5.56 Å². The number of carbonyl (C=O) groups is 2. The molecule has 31 heavy (non-hydrogen) atoms. The molecule has 2 amide bonds. The summed E-state index contributed by atoms with van der Waals surface area (Å²) in [6.45, 7) is 5.07. The maximum absolute atomic E-state index is 12.9. The Kier molecular flexibility index (Phi) is 5.40. The summed E-state index contributed by atoms with van der Waals surface area (Å²) < 4.78 is 11.6. The monoisotopic (exact) mass is 420 g/mol. The van der Waals surface area contributed by atoms with Gasteiger partial charge in [0.1, 0.15) is 18.1 Å². The Bertz CT molecular complexity index is 968. The minimum Gasteiger partial charge on any atom is -0.457 e. The molecule has 0 N–H and O–H groups in total. The average Bonchev–Trinajstić information content (AvgIpc) is 2.75. The summed E-state index contributed by atoms with van der Waals surface area (Å²) in [6, 6.07) is 16.2. The van der Waals surface area contributed by atoms with Gasteiger partial charge in [-0.3, -0.25) is 4.79 Å². The normalized spacial score (nSPS) is 23.8. The van der Waals surface area contributed by atoms with Crippen LogP contribution in [0.4, 0.5) is 4.79 Å². The third-order valence-corrected chi connectivity index (χ3v) is 6.71. The Morgan fingerprint density at radius 2 is 1.81 bits per heavy atom. The zero-order valence-electron chi connectivity index (χ0n) is 17.8. The number of piperidine rings is 1. The van der Waals surface area contributed by atoms with Crippen molar-refractivity contribution in [2.75, 3.05) is 32.8 Å². The number of carbonyl (C=O) groups excluding carboxylic acids is 2. The van der Waals surface area contributed by atoms with Crippen LogP contribution in [-0.4, -0.2) is 60.5 Å². The number of ketones is 1. The number of rotatable bonds is 3. The fourth-order valence-corrected chi connectivity index (χ4v) is 4.80. The molecular weight excluding hydrogens is 392 g/mol. The summed E-state index contributed by atoms with van der Waals surface area (Å²) in [5.41, 5.74) is 2.33. The summed E-state index contributed by atoms with van der Waals surface area (Å²) in [7, 11) is 0. The largest absolute Gasteiger partial charge is 0.457 e. The Morgan fingerprint density at radius 1 is 1.03 bits per heavy atom. The van der Waals surface area contributed by atoms with Crippen molar-refractivity contribution in [2.45, 2.75) is 31.8 Å². The minimum absolute atomic E-state index is 0.0900. The Morgan fingerprint density at radius 3 is 2.58 bits per heavy atom. The molecule has 0 radical (unpaired) electrons. The summed E-state index contributed by atoms with van der Waals surface area (Å²) >= 11 is 0. The maximum Gasteiger partial charge on any atom is 0.320 e. The first kappa shape index (κ1) is 20.1. The van der Waals surface area contributed by atoms with Crippen LogP contribution in [0.15, 0.2) is 48.5 Å². The highest BCUT2D eigenvalue weighted by Crippen LogP contribution is 2.33. The van der Waals surface area contributed by atoms with Crippen LogP contribution in [0.5, 0.6) is 11.5 Å². The molecule has 3 saturated heterocycles. The van der Waals surface area contributed by atoms with E-state index in [4.69, 9.17) is 9.47 Å². The second kappa shape index (κ2) is 8.35. The number of benzene rings is 2. The maximum atomic E-state index is 12.9. The number of Topliss-reactive ketones (excluding diaryl/α,β-unsaturated/α-hetero) is 1. The third-order valence-electron chi connectivity index (χ3n) is 6.71. The average molecular weight is 421 g/mol. The minimum atomic E-state index is 0.0900. The van der Waals surface area contributed by atoms with E-state index in [-0.39, 0.29) is 30.4 Å². The van der Waals surface area contributed by atoms with Gasteiger partial charge in [-0.05, 0) is 42.7 Å². The lowest BCUT2D eigenvalue weighted by Gasteiger charge is -2.46. The zero-order chi connectivity index (χ0) is 21.4. The van der Waals surface area contributed by atoms with Crippen LogP contribution < -0.4 is 4.74 Å². The van der Waals surface area contributed by atoms with Crippen molar-refractivity contribution in [1.29, 1.82) is 0 Å². The van der Waals surface area contributed by atoms with Crippen molar-refractivity contribution in [3.05, 3.63) is 59.7 Å². The topological polar surface area (TPSA) is 59.1 Å². The van der Waals surface area contributed by atoms with Gasteiger partial charge in [0.25, 0.3) is 0 Å². The fraction of sp³-hybridized carbons (Fsp3) is 0.440. The van der Waals surface area contributed by atoms with Crippen molar-refractivity contribution >= 4 is 11.8 Å². The number of likely N-dealkylation sites (tertiary alicyclic amines) is 2. The Balaban J connectivity index is 1.14. The van der Waals surface area contributed by atoms with Crippen LogP contribution in [0.25, 0.3) is 0 Å². The molecule has 6 nitrogen and oxygen atoms in total. The summed E-state index contributed by atoms with van der Waals surface area (Å²) in [5, 5.41) is 0. The standard InChI is InChI=1S/C25H28N2O4/c1-17-4-2-3-5-23(17)31-22-8-6-18(7-9-22)20-14-27(15-20)25(29)26-11-10-24-19(13-26)12-21(28)16-30-24/h2-9,19-20,24H,10-16H2,1H3/t19-,24+/m1/s1. The molecule has 3 heterocycles. The number of urea groups is 1. The van der Waals surface area contributed by atoms with Gasteiger partial charge >= 0.3 is 6.03 Å². The predicted octanol–water partition coefficient (Wildman–Crippen LogP) is 3.99. The van der Waals surface area contributed by atoms with Gasteiger partial charge in [-0.1, -0.05) is 30.3 Å². The molecule has 0 aromatic heterocycles. The van der Waals surface area contributed by atoms with Gasteiger partial charge < -0.3 is 19.3 Å². The molecule has 3 fully saturated rings. The molecule has 3 aliphatic heterocycles. The first-order valence-electron chi connectivity index (χ1n) is 11.1. The van der Waals surface area contributed by atoms with Gasteiger partial charge in [0.05, 0.1) is 6.10 Å². The van der Waals surface area contributed by atoms with E-state index < -0.39 is 0 Å². The number of hydrogen-bond donors (Lipinski definition) is 0. The number of fused-ring (bicyclic) bond motifs is 1. The predicted molar refractivity (Wildman–Crippen MR) is 116 cm³/mol. The molecule has 5 rings (SSSR count). The van der Waals surface area contributed by atoms with Crippen molar-refractivity contribution in [3.8, 4) is 11.5 Å². The van der Waals surface area contributed by atoms with Gasteiger partial charge in [0.2, 0.25) is 0 Å². The number of hydrogen-bond acceptors (Lipinski definition) is 4. The van der Waals surface area contributed by atoms with E-state index >= 15 is 0 Å². The van der Waals surface area contributed by atoms with Gasteiger partial charge in [-0.2, -0.15) is 0 Å². The molecule has 0 spiro atoms. The van der Waals surface area contributed by atoms with Gasteiger partial charge in [-0.15, -0.1) is 0 Å². The summed E-state index contributed by atoms with van der Waals surface area (Å²) in [5.74, 6) is 2.33. The van der Waals surface area contributed by atoms with Gasteiger partial charge in [0, 0.05) is 44.4 Å². The van der Waals surface area contributed by atoms with Gasteiger partial charge in [-0.25, -0.2) is 4.79 Å². The number of para-hydroxylation sites is 1. The summed E-state index contributed by atoms with van der Waals surface area (Å²) in [4.78, 5) is 28.4. The molecule has 2 atom stereocenters. The number of ether oxygens (including phenoxy) is 2. The van der Waals surface area contributed by atoms with E-state index in [1.54, 1.807) is 0 Å². The van der Waals surface area contributed by atoms with Crippen LogP contribution in [0.3, 0.4) is 0 Å². The highest BCUT2D eigenvalue weighted by Gasteiger charge is 2.40. The Labute approximate surface area is 182 Å². The van der Waals surface area contributed by atoms with Crippen molar-refractivity contribution in [3.63, 3.8) is 0 Å². The fourth-order valence-electron chi connectivity index (χ4n) is 4.80. The zero-order valence-corrected chi connectivity index (χ0v) is 17.8. The quantitative estimate of drug-likeness (QED) is 0.754. The lowest BCUT2D eigenvalue weighted by molar-refractivity contribution is -0.140. The number of aryl methyl sites for hydroxylation is 1. The highest BCUT2D eigenvalue weighted by atomic mass is 16.5. The second-order valence-electron chi connectivity index (χ2n) is 8.91. The van der Waals surface area contributed by atoms with Crippen molar-refractivity contribution in [1.82, 2.24) is 9.80 Å². The van der Waals surface area contributed by atoms with Gasteiger partial charge in [0.15, 0.2) is 5.78 Å². The number of nitrogens with zero attached hydrogens (tertiary/aromatic N) is 2. The number of amides is 2. The summed E-state index contributed by atoms with van der Waals surface area (Å²) in [6.07, 6.45) is 1.49. The third kappa shape index (κ3) is 4.17. The van der Waals surface area contributed by atoms with E-state index in [1.807, 2.05) is 53.1 Å². The van der Waals surface area contributed by atoms with E-state index in [0.29, 0.717) is 25.4 Å². The first-order chi connectivity index (χ1) is 15.1. The second-order valence-corrected chi connectivity index (χ2v) is 8.91. The van der Waals surface area contributed by atoms with Crippen LogP contribution in [0.1, 0.15) is 29.9 Å². The van der Waals surface area contributed by atoms with E-state index in [0.717, 1.165) is 36.6 Å². The molecule has 2 aromatic carbocycles. The lowest BCUT2D eigenvalue weighted by atomic mass is 9.87. The van der Waals surface area contributed by atoms with Crippen LogP contribution in [-0.2, 0) is 9.53 Å².